The van der Waals surface area contributed by atoms with Gasteiger partial charge in [-0.05, 0) is 54.5 Å². The zero-order valence-electron chi connectivity index (χ0n) is 13.1. The molecule has 0 spiro atoms. The first-order valence-electron chi connectivity index (χ1n) is 8.84. The fraction of sp³-hybridized carbons (Fsp3) is 0.778. The predicted octanol–water partition coefficient (Wildman–Crippen LogP) is 3.81. The summed E-state index contributed by atoms with van der Waals surface area (Å²) < 4.78 is 0. The Morgan fingerprint density at radius 1 is 1.24 bits per heavy atom. The largest absolute Gasteiger partial charge is 0.313 e. The van der Waals surface area contributed by atoms with E-state index in [1.807, 2.05) is 11.3 Å². The van der Waals surface area contributed by atoms with E-state index >= 15 is 0 Å². The monoisotopic (exact) mass is 304 g/mol. The van der Waals surface area contributed by atoms with Gasteiger partial charge >= 0.3 is 0 Å². The molecule has 1 N–H and O–H groups in total. The van der Waals surface area contributed by atoms with E-state index in [2.05, 4.69) is 21.7 Å². The highest BCUT2D eigenvalue weighted by Gasteiger charge is 2.36. The van der Waals surface area contributed by atoms with Crippen LogP contribution in [0.15, 0.2) is 11.4 Å². The first-order chi connectivity index (χ1) is 10.3. The summed E-state index contributed by atoms with van der Waals surface area (Å²) in [6.07, 6.45) is 11.3. The minimum absolute atomic E-state index is 0.564. The molecule has 1 aromatic heterocycles. The topological polar surface area (TPSA) is 15.3 Å². The summed E-state index contributed by atoms with van der Waals surface area (Å²) in [4.78, 5) is 4.38. The molecule has 0 atom stereocenters. The molecular formula is C18H28N2S. The second-order valence-electron chi connectivity index (χ2n) is 7.55. The maximum absolute atomic E-state index is 3.85. The third-order valence-corrected chi connectivity index (χ3v) is 6.73. The molecule has 21 heavy (non-hydrogen) atoms. The highest BCUT2D eigenvalue weighted by atomic mass is 32.1. The van der Waals surface area contributed by atoms with Crippen LogP contribution in [-0.4, -0.2) is 30.6 Å². The molecule has 2 heterocycles. The molecule has 1 aromatic rings. The highest BCUT2D eigenvalue weighted by Crippen LogP contribution is 2.38. The molecule has 3 aliphatic rings. The lowest BCUT2D eigenvalue weighted by Crippen LogP contribution is -2.47. The van der Waals surface area contributed by atoms with Crippen LogP contribution in [0.4, 0.5) is 0 Å². The quantitative estimate of drug-likeness (QED) is 0.890. The Labute approximate surface area is 132 Å². The Kier molecular flexibility index (Phi) is 4.08. The van der Waals surface area contributed by atoms with Gasteiger partial charge in [-0.15, -0.1) is 11.3 Å². The summed E-state index contributed by atoms with van der Waals surface area (Å²) >= 11 is 1.96. The van der Waals surface area contributed by atoms with E-state index in [4.69, 9.17) is 0 Å². The number of hydrogen-bond acceptors (Lipinski definition) is 3. The molecule has 2 aliphatic carbocycles. The molecular weight excluding hydrogens is 276 g/mol. The molecule has 116 valence electrons. The van der Waals surface area contributed by atoms with Gasteiger partial charge in [0.2, 0.25) is 0 Å². The van der Waals surface area contributed by atoms with Crippen molar-refractivity contribution < 1.29 is 0 Å². The number of nitrogens with zero attached hydrogens (tertiary/aromatic N) is 1. The summed E-state index contributed by atoms with van der Waals surface area (Å²) in [6, 6.07) is 3.20. The van der Waals surface area contributed by atoms with Gasteiger partial charge < -0.3 is 5.32 Å². The molecule has 0 aromatic carbocycles. The van der Waals surface area contributed by atoms with Crippen molar-refractivity contribution in [3.05, 3.63) is 21.9 Å². The van der Waals surface area contributed by atoms with Crippen molar-refractivity contribution in [1.82, 2.24) is 10.2 Å². The average Bonchev–Trinajstić information content (AvgIpc) is 3.23. The molecule has 0 bridgehead atoms. The zero-order chi connectivity index (χ0) is 14.1. The van der Waals surface area contributed by atoms with Crippen molar-refractivity contribution >= 4 is 11.3 Å². The van der Waals surface area contributed by atoms with Gasteiger partial charge in [-0.2, -0.15) is 0 Å². The molecule has 3 heteroatoms. The van der Waals surface area contributed by atoms with E-state index in [1.165, 1.54) is 77.5 Å². The van der Waals surface area contributed by atoms with E-state index < -0.39 is 0 Å². The molecule has 0 unspecified atom stereocenters. The SMILES string of the molecule is c1cc2c(s1)CCN(CC1(CNC3CC3)CCCCC1)C2. The molecule has 2 fully saturated rings. The lowest BCUT2D eigenvalue weighted by molar-refractivity contribution is 0.0942. The van der Waals surface area contributed by atoms with E-state index in [-0.39, 0.29) is 0 Å². The normalized spacial score (nSPS) is 25.7. The highest BCUT2D eigenvalue weighted by molar-refractivity contribution is 7.10. The van der Waals surface area contributed by atoms with Crippen molar-refractivity contribution in [2.24, 2.45) is 5.41 Å². The average molecular weight is 305 g/mol. The minimum Gasteiger partial charge on any atom is -0.313 e. The van der Waals surface area contributed by atoms with Gasteiger partial charge in [-0.1, -0.05) is 19.3 Å². The van der Waals surface area contributed by atoms with Crippen LogP contribution in [0.5, 0.6) is 0 Å². The van der Waals surface area contributed by atoms with Crippen LogP contribution < -0.4 is 5.32 Å². The number of thiophene rings is 1. The van der Waals surface area contributed by atoms with Gasteiger partial charge in [0.1, 0.15) is 0 Å². The van der Waals surface area contributed by atoms with E-state index in [0.29, 0.717) is 5.41 Å². The summed E-state index contributed by atoms with van der Waals surface area (Å²) in [5, 5.41) is 6.12. The van der Waals surface area contributed by atoms with Crippen LogP contribution in [0.25, 0.3) is 0 Å². The van der Waals surface area contributed by atoms with E-state index in [1.54, 1.807) is 10.4 Å². The van der Waals surface area contributed by atoms with Crippen molar-refractivity contribution in [1.29, 1.82) is 0 Å². The van der Waals surface area contributed by atoms with E-state index in [9.17, 15) is 0 Å². The first-order valence-corrected chi connectivity index (χ1v) is 9.72. The molecule has 0 saturated heterocycles. The summed E-state index contributed by atoms with van der Waals surface area (Å²) in [5.74, 6) is 0. The van der Waals surface area contributed by atoms with Crippen LogP contribution >= 0.6 is 11.3 Å². The van der Waals surface area contributed by atoms with Crippen LogP contribution in [0.2, 0.25) is 0 Å². The minimum atomic E-state index is 0.564. The summed E-state index contributed by atoms with van der Waals surface area (Å²) in [5.41, 5.74) is 2.17. The first kappa shape index (κ1) is 14.2. The van der Waals surface area contributed by atoms with Gasteiger partial charge in [-0.3, -0.25) is 4.90 Å². The van der Waals surface area contributed by atoms with Crippen molar-refractivity contribution in [3.63, 3.8) is 0 Å². The molecule has 2 saturated carbocycles. The van der Waals surface area contributed by atoms with Crippen LogP contribution in [0.1, 0.15) is 55.4 Å². The number of nitrogens with one attached hydrogen (secondary N) is 1. The van der Waals surface area contributed by atoms with Crippen LogP contribution in [0.3, 0.4) is 0 Å². The van der Waals surface area contributed by atoms with Crippen LogP contribution in [-0.2, 0) is 13.0 Å². The van der Waals surface area contributed by atoms with Gasteiger partial charge in [-0.25, -0.2) is 0 Å². The Morgan fingerprint density at radius 2 is 2.10 bits per heavy atom. The third kappa shape index (κ3) is 3.35. The second-order valence-corrected chi connectivity index (χ2v) is 8.55. The van der Waals surface area contributed by atoms with Crippen molar-refractivity contribution in [2.45, 2.75) is 64.0 Å². The maximum atomic E-state index is 3.85. The zero-order valence-corrected chi connectivity index (χ0v) is 13.9. The summed E-state index contributed by atoms with van der Waals surface area (Å²) in [6.45, 7) is 5.06. The number of fused-ring (bicyclic) bond motifs is 1. The Balaban J connectivity index is 1.41. The van der Waals surface area contributed by atoms with Crippen molar-refractivity contribution in [3.8, 4) is 0 Å². The van der Waals surface area contributed by atoms with E-state index in [0.717, 1.165) is 6.04 Å². The van der Waals surface area contributed by atoms with Gasteiger partial charge in [0.05, 0.1) is 0 Å². The molecule has 4 rings (SSSR count). The van der Waals surface area contributed by atoms with Gasteiger partial charge in [0.15, 0.2) is 0 Å². The van der Waals surface area contributed by atoms with Crippen LogP contribution in [0, 0.1) is 5.41 Å². The smallest absolute Gasteiger partial charge is 0.0245 e. The fourth-order valence-corrected chi connectivity index (χ4v) is 5.15. The molecule has 0 radical (unpaired) electrons. The van der Waals surface area contributed by atoms with Gasteiger partial charge in [0, 0.05) is 37.1 Å². The fourth-order valence-electron chi connectivity index (χ4n) is 4.26. The predicted molar refractivity (Wildman–Crippen MR) is 89.8 cm³/mol. The Bertz CT molecular complexity index is 471. The second kappa shape index (κ2) is 6.02. The maximum Gasteiger partial charge on any atom is 0.0245 e. The molecule has 2 nitrogen and oxygen atoms in total. The number of rotatable bonds is 5. The molecule has 1 aliphatic heterocycles. The molecule has 0 amide bonds. The Morgan fingerprint density at radius 3 is 2.90 bits per heavy atom. The standard InChI is InChI=1S/C18H28N2S/c1-2-8-18(9-3-1,13-19-16-4-5-16)14-20-10-6-17-15(12-20)7-11-21-17/h7,11,16,19H,1-6,8-10,12-14H2. The lowest BCUT2D eigenvalue weighted by Gasteiger charge is -2.42. The summed E-state index contributed by atoms with van der Waals surface area (Å²) in [7, 11) is 0. The lowest BCUT2D eigenvalue weighted by atomic mass is 9.73. The van der Waals surface area contributed by atoms with Gasteiger partial charge in [0.25, 0.3) is 0 Å². The Hall–Kier alpha value is -0.380. The number of hydrogen-bond donors (Lipinski definition) is 1. The van der Waals surface area contributed by atoms with Crippen molar-refractivity contribution in [2.75, 3.05) is 19.6 Å². The third-order valence-electron chi connectivity index (χ3n) is 5.70.